The third kappa shape index (κ3) is 6.57. The zero-order valence-corrected chi connectivity index (χ0v) is 21.5. The van der Waals surface area contributed by atoms with Gasteiger partial charge in [-0.25, -0.2) is 0 Å². The smallest absolute Gasteiger partial charge is 0.231 e. The van der Waals surface area contributed by atoms with Crippen molar-refractivity contribution in [3.05, 3.63) is 65.4 Å². The summed E-state index contributed by atoms with van der Waals surface area (Å²) in [5, 5.41) is 0. The average Bonchev–Trinajstić information content (AvgIpc) is 3.02. The van der Waals surface area contributed by atoms with Gasteiger partial charge in [0.25, 0.3) is 0 Å². The van der Waals surface area contributed by atoms with Crippen molar-refractivity contribution in [2.24, 2.45) is 0 Å². The van der Waals surface area contributed by atoms with Gasteiger partial charge >= 0.3 is 0 Å². The maximum absolute atomic E-state index is 12.8. The van der Waals surface area contributed by atoms with Crippen LogP contribution in [0.3, 0.4) is 0 Å². The van der Waals surface area contributed by atoms with E-state index in [0.717, 1.165) is 35.6 Å². The van der Waals surface area contributed by atoms with Gasteiger partial charge in [0.05, 0.1) is 34.9 Å². The Morgan fingerprint density at radius 3 is 2.29 bits per heavy atom. The molecular formula is C28H36N2O5. The van der Waals surface area contributed by atoms with Gasteiger partial charge in [-0.2, -0.15) is 0 Å². The highest BCUT2D eigenvalue weighted by Crippen LogP contribution is 2.33. The molecule has 0 fully saturated rings. The largest absolute Gasteiger partial charge is 0.493 e. The Morgan fingerprint density at radius 2 is 1.60 bits per heavy atom. The van der Waals surface area contributed by atoms with Crippen LogP contribution in [0.25, 0.3) is 6.08 Å². The lowest BCUT2D eigenvalue weighted by molar-refractivity contribution is -0.127. The molecule has 0 aromatic heterocycles. The minimum Gasteiger partial charge on any atom is -0.493 e. The molecule has 0 aliphatic carbocycles. The van der Waals surface area contributed by atoms with Crippen LogP contribution in [0.5, 0.6) is 23.0 Å². The lowest BCUT2D eigenvalue weighted by Gasteiger charge is -2.24. The highest BCUT2D eigenvalue weighted by molar-refractivity contribution is 5.84. The molecular weight excluding hydrogens is 444 g/mol. The Morgan fingerprint density at radius 1 is 0.943 bits per heavy atom. The van der Waals surface area contributed by atoms with E-state index in [-0.39, 0.29) is 5.91 Å². The molecule has 1 amide bonds. The maximum atomic E-state index is 12.8. The van der Waals surface area contributed by atoms with Gasteiger partial charge in [0, 0.05) is 25.3 Å². The van der Waals surface area contributed by atoms with E-state index in [2.05, 4.69) is 31.0 Å². The van der Waals surface area contributed by atoms with Crippen LogP contribution in [0.4, 0.5) is 0 Å². The fraction of sp³-hybridized carbons (Fsp3) is 0.393. The number of fused-ring (bicyclic) bond motifs is 1. The second kappa shape index (κ2) is 12.3. The van der Waals surface area contributed by atoms with Gasteiger partial charge in [0.2, 0.25) is 5.91 Å². The number of rotatable bonds is 11. The van der Waals surface area contributed by atoms with E-state index in [1.54, 1.807) is 33.3 Å². The van der Waals surface area contributed by atoms with E-state index in [9.17, 15) is 4.79 Å². The first-order chi connectivity index (χ1) is 16.9. The molecule has 0 saturated carbocycles. The summed E-state index contributed by atoms with van der Waals surface area (Å²) >= 11 is 0. The van der Waals surface area contributed by atoms with Gasteiger partial charge in [-0.15, -0.1) is 0 Å². The molecule has 0 bridgehead atoms. The molecule has 7 nitrogen and oxygen atoms in total. The number of amides is 1. The summed E-state index contributed by atoms with van der Waals surface area (Å²) in [6.45, 7) is 3.51. The monoisotopic (exact) mass is 480 g/mol. The van der Waals surface area contributed by atoms with Crippen molar-refractivity contribution >= 4 is 12.0 Å². The average molecular weight is 481 g/mol. The van der Waals surface area contributed by atoms with Crippen LogP contribution in [-0.4, -0.2) is 70.3 Å². The van der Waals surface area contributed by atoms with Crippen LogP contribution in [-0.2, 0) is 17.6 Å². The van der Waals surface area contributed by atoms with Crippen LogP contribution in [0.2, 0.25) is 0 Å². The predicted molar refractivity (Wildman–Crippen MR) is 138 cm³/mol. The highest BCUT2D eigenvalue weighted by atomic mass is 16.5. The number of hydrogen-bond donors (Lipinski definition) is 0. The molecule has 2 aromatic carbocycles. The number of ether oxygens (including phenoxy) is 4. The molecule has 0 spiro atoms. The molecule has 0 radical (unpaired) electrons. The fourth-order valence-corrected chi connectivity index (χ4v) is 4.04. The molecule has 7 heteroatoms. The van der Waals surface area contributed by atoms with Gasteiger partial charge in [0.15, 0.2) is 23.0 Å². The minimum absolute atomic E-state index is 0.0482. The van der Waals surface area contributed by atoms with Gasteiger partial charge in [-0.1, -0.05) is 18.2 Å². The van der Waals surface area contributed by atoms with Gasteiger partial charge in [0.1, 0.15) is 0 Å². The first kappa shape index (κ1) is 26.2. The molecule has 0 unspecified atom stereocenters. The fourth-order valence-electron chi connectivity index (χ4n) is 4.04. The number of likely N-dealkylation sites (N-methyl/N-ethyl adjacent to an activating group) is 1. The zero-order valence-electron chi connectivity index (χ0n) is 21.5. The third-order valence-corrected chi connectivity index (χ3v) is 6.34. The topological polar surface area (TPSA) is 60.5 Å². The number of nitrogens with zero attached hydrogens (tertiary/aromatic N) is 2. The van der Waals surface area contributed by atoms with E-state index in [1.165, 1.54) is 5.56 Å². The Bertz CT molecular complexity index is 1080. The highest BCUT2D eigenvalue weighted by Gasteiger charge is 2.19. The Kier molecular flexibility index (Phi) is 9.20. The summed E-state index contributed by atoms with van der Waals surface area (Å²) in [5.74, 6) is 2.81. The van der Waals surface area contributed by atoms with Crippen molar-refractivity contribution < 1.29 is 23.7 Å². The van der Waals surface area contributed by atoms with Crippen molar-refractivity contribution in [2.75, 3.05) is 48.6 Å². The third-order valence-electron chi connectivity index (χ3n) is 6.34. The first-order valence-electron chi connectivity index (χ1n) is 11.7. The van der Waals surface area contributed by atoms with Gasteiger partial charge in [-0.3, -0.25) is 9.69 Å². The van der Waals surface area contributed by atoms with Crippen molar-refractivity contribution in [2.45, 2.75) is 25.8 Å². The van der Waals surface area contributed by atoms with Crippen molar-refractivity contribution in [3.63, 3.8) is 0 Å². The van der Waals surface area contributed by atoms with E-state index < -0.39 is 0 Å². The number of hydrogen-bond acceptors (Lipinski definition) is 6. The lowest BCUT2D eigenvalue weighted by atomic mass is 10.0. The number of carbonyl (C=O) groups is 1. The quantitative estimate of drug-likeness (QED) is 0.450. The summed E-state index contributed by atoms with van der Waals surface area (Å²) in [4.78, 5) is 16.8. The predicted octanol–water partition coefficient (Wildman–Crippen LogP) is 4.20. The number of carbonyl (C=O) groups excluding carboxylic acids is 1. The zero-order chi connectivity index (χ0) is 25.4. The lowest BCUT2D eigenvalue weighted by Crippen LogP contribution is -2.31. The molecule has 35 heavy (non-hydrogen) atoms. The number of benzene rings is 2. The van der Waals surface area contributed by atoms with Gasteiger partial charge in [-0.05, 0) is 67.4 Å². The molecule has 1 aliphatic rings. The molecule has 0 N–H and O–H groups in total. The maximum Gasteiger partial charge on any atom is 0.231 e. The Labute approximate surface area is 208 Å². The Balaban J connectivity index is 1.55. The SMILES string of the molecule is COc1ccc(C[C@H](C)N(C)C/C=C\CN2C=Cc3cc(OC)c(OC)cc3CC2=O)cc1OC. The molecule has 1 heterocycles. The van der Waals surface area contributed by atoms with Crippen molar-refractivity contribution in [3.8, 4) is 23.0 Å². The summed E-state index contributed by atoms with van der Waals surface area (Å²) in [5.41, 5.74) is 3.09. The standard InChI is InChI=1S/C28H36N2O5/c1-20(15-21-9-10-24(32-3)25(16-21)33-4)29(2)12-7-8-13-30-14-11-22-17-26(34-5)27(35-6)18-23(22)19-28(30)31/h7-11,14,16-18,20H,12-13,15,19H2,1-6H3/b8-7-/t20-/m0/s1. The summed E-state index contributed by atoms with van der Waals surface area (Å²) in [6.07, 6.45) is 9.15. The first-order valence-corrected chi connectivity index (χ1v) is 11.7. The van der Waals surface area contributed by atoms with Crippen LogP contribution in [0, 0.1) is 0 Å². The normalized spacial score (nSPS) is 14.1. The minimum atomic E-state index is 0.0482. The summed E-state index contributed by atoms with van der Waals surface area (Å²) < 4.78 is 21.5. The number of methoxy groups -OCH3 is 4. The van der Waals surface area contributed by atoms with Crippen LogP contribution < -0.4 is 18.9 Å². The van der Waals surface area contributed by atoms with Crippen LogP contribution in [0.1, 0.15) is 23.6 Å². The van der Waals surface area contributed by atoms with Crippen molar-refractivity contribution in [1.29, 1.82) is 0 Å². The van der Waals surface area contributed by atoms with Crippen LogP contribution >= 0.6 is 0 Å². The van der Waals surface area contributed by atoms with Crippen LogP contribution in [0.15, 0.2) is 48.7 Å². The Hall–Kier alpha value is -3.45. The molecule has 1 atom stereocenters. The molecule has 188 valence electrons. The van der Waals surface area contributed by atoms with E-state index in [4.69, 9.17) is 18.9 Å². The molecule has 0 saturated heterocycles. The van der Waals surface area contributed by atoms with Crippen molar-refractivity contribution in [1.82, 2.24) is 9.80 Å². The second-order valence-corrected chi connectivity index (χ2v) is 8.60. The molecule has 2 aromatic rings. The summed E-state index contributed by atoms with van der Waals surface area (Å²) in [7, 11) is 8.60. The van der Waals surface area contributed by atoms with E-state index >= 15 is 0 Å². The summed E-state index contributed by atoms with van der Waals surface area (Å²) in [6, 6.07) is 10.2. The second-order valence-electron chi connectivity index (χ2n) is 8.60. The van der Waals surface area contributed by atoms with E-state index in [0.29, 0.717) is 30.5 Å². The van der Waals surface area contributed by atoms with Gasteiger partial charge < -0.3 is 23.8 Å². The van der Waals surface area contributed by atoms with E-state index in [1.807, 2.05) is 42.6 Å². The molecule has 1 aliphatic heterocycles. The molecule has 3 rings (SSSR count).